The van der Waals surface area contributed by atoms with Crippen molar-refractivity contribution in [2.24, 2.45) is 0 Å². The van der Waals surface area contributed by atoms with Crippen LogP contribution >= 0.6 is 11.3 Å². The summed E-state index contributed by atoms with van der Waals surface area (Å²) in [6.07, 6.45) is 5.06. The first-order valence-corrected chi connectivity index (χ1v) is 13.1. The van der Waals surface area contributed by atoms with Crippen molar-refractivity contribution in [2.75, 3.05) is 19.0 Å². The second-order valence-corrected chi connectivity index (χ2v) is 10.9. The van der Waals surface area contributed by atoms with E-state index in [1.165, 1.54) is 39.9 Å². The van der Waals surface area contributed by atoms with Gasteiger partial charge in [-0.15, -0.1) is 0 Å². The van der Waals surface area contributed by atoms with Gasteiger partial charge in [-0.2, -0.15) is 4.31 Å². The van der Waals surface area contributed by atoms with E-state index in [1.54, 1.807) is 7.05 Å². The number of anilines is 1. The highest BCUT2D eigenvalue weighted by Crippen LogP contribution is 2.32. The van der Waals surface area contributed by atoms with Gasteiger partial charge in [0, 0.05) is 18.7 Å². The van der Waals surface area contributed by atoms with Gasteiger partial charge in [-0.1, -0.05) is 36.7 Å². The molecule has 1 aromatic heterocycles. The molecule has 2 aromatic carbocycles. The van der Waals surface area contributed by atoms with E-state index >= 15 is 0 Å². The Labute approximate surface area is 192 Å². The van der Waals surface area contributed by atoms with Crippen LogP contribution in [0.15, 0.2) is 47.4 Å². The van der Waals surface area contributed by atoms with E-state index < -0.39 is 10.0 Å². The number of sulfonamides is 1. The van der Waals surface area contributed by atoms with Crippen LogP contribution in [0.5, 0.6) is 5.75 Å². The summed E-state index contributed by atoms with van der Waals surface area (Å²) in [5.74, 6) is 0.338. The average Bonchev–Trinajstić information content (AvgIpc) is 3.23. The molecule has 0 unspecified atom stereocenters. The first-order valence-electron chi connectivity index (χ1n) is 10.8. The van der Waals surface area contributed by atoms with Crippen molar-refractivity contribution in [3.05, 3.63) is 48.0 Å². The molecule has 1 aliphatic carbocycles. The molecule has 1 heterocycles. The molecule has 0 atom stereocenters. The first kappa shape index (κ1) is 22.7. The Kier molecular flexibility index (Phi) is 6.78. The first-order chi connectivity index (χ1) is 15.4. The number of hydrogen-bond donors (Lipinski definition) is 1. The lowest BCUT2D eigenvalue weighted by Crippen LogP contribution is -2.38. The molecule has 3 aromatic rings. The Hall–Kier alpha value is -2.49. The van der Waals surface area contributed by atoms with Gasteiger partial charge in [-0.25, -0.2) is 13.4 Å². The number of para-hydroxylation sites is 1. The highest BCUT2D eigenvalue weighted by atomic mass is 32.2. The number of carbonyl (C=O) groups is 1. The Morgan fingerprint density at radius 3 is 2.56 bits per heavy atom. The smallest absolute Gasteiger partial charge is 0.257 e. The maximum Gasteiger partial charge on any atom is 0.257 e. The number of nitrogens with zero attached hydrogens (tertiary/aromatic N) is 2. The van der Waals surface area contributed by atoms with Crippen LogP contribution in [0.1, 0.15) is 49.4 Å². The lowest BCUT2D eigenvalue weighted by Gasteiger charge is -2.30. The van der Waals surface area contributed by atoms with Crippen LogP contribution in [0.2, 0.25) is 0 Å². The maximum absolute atomic E-state index is 13.0. The molecule has 170 valence electrons. The molecule has 0 aliphatic heterocycles. The lowest BCUT2D eigenvalue weighted by molar-refractivity contribution is 0.102. The summed E-state index contributed by atoms with van der Waals surface area (Å²) < 4.78 is 34.0. The molecular weight excluding hydrogens is 446 g/mol. The largest absolute Gasteiger partial charge is 0.492 e. The van der Waals surface area contributed by atoms with Gasteiger partial charge in [0.2, 0.25) is 10.0 Å². The number of aromatic nitrogens is 1. The molecule has 7 nitrogen and oxygen atoms in total. The second-order valence-electron chi connectivity index (χ2n) is 7.85. The number of rotatable bonds is 7. The van der Waals surface area contributed by atoms with Gasteiger partial charge in [0.1, 0.15) is 11.3 Å². The second kappa shape index (κ2) is 9.56. The van der Waals surface area contributed by atoms with E-state index in [2.05, 4.69) is 10.3 Å². The quantitative estimate of drug-likeness (QED) is 0.527. The normalized spacial score (nSPS) is 15.2. The Morgan fingerprint density at radius 2 is 1.88 bits per heavy atom. The minimum Gasteiger partial charge on any atom is -0.492 e. The van der Waals surface area contributed by atoms with Gasteiger partial charge < -0.3 is 4.74 Å². The maximum atomic E-state index is 13.0. The van der Waals surface area contributed by atoms with Crippen molar-refractivity contribution in [3.8, 4) is 5.75 Å². The van der Waals surface area contributed by atoms with Gasteiger partial charge in [0.05, 0.1) is 16.2 Å². The Balaban J connectivity index is 1.48. The molecule has 1 fully saturated rings. The van der Waals surface area contributed by atoms with Crippen molar-refractivity contribution in [1.82, 2.24) is 9.29 Å². The third-order valence-electron chi connectivity index (χ3n) is 5.78. The average molecular weight is 474 g/mol. The van der Waals surface area contributed by atoms with Gasteiger partial charge in [0.15, 0.2) is 5.13 Å². The minimum atomic E-state index is -3.59. The van der Waals surface area contributed by atoms with Crippen molar-refractivity contribution >= 4 is 42.6 Å². The fraction of sp³-hybridized carbons (Fsp3) is 0.391. The fourth-order valence-electron chi connectivity index (χ4n) is 4.00. The molecular formula is C23H27N3O4S2. The van der Waals surface area contributed by atoms with Crippen molar-refractivity contribution in [2.45, 2.75) is 50.0 Å². The zero-order valence-electron chi connectivity index (χ0n) is 18.2. The van der Waals surface area contributed by atoms with Crippen LogP contribution in [-0.4, -0.2) is 43.3 Å². The predicted molar refractivity (Wildman–Crippen MR) is 127 cm³/mol. The molecule has 0 spiro atoms. The summed E-state index contributed by atoms with van der Waals surface area (Å²) in [6, 6.07) is 11.8. The van der Waals surface area contributed by atoms with E-state index in [4.69, 9.17) is 4.74 Å². The van der Waals surface area contributed by atoms with Crippen LogP contribution in [-0.2, 0) is 10.0 Å². The highest BCUT2D eigenvalue weighted by Gasteiger charge is 2.29. The number of ether oxygens (including phenoxy) is 1. The fourth-order valence-corrected chi connectivity index (χ4v) is 6.30. The van der Waals surface area contributed by atoms with Crippen molar-refractivity contribution < 1.29 is 17.9 Å². The van der Waals surface area contributed by atoms with Crippen LogP contribution < -0.4 is 10.1 Å². The number of nitrogens with one attached hydrogen (secondary N) is 1. The van der Waals surface area contributed by atoms with Crippen molar-refractivity contribution in [1.29, 1.82) is 0 Å². The van der Waals surface area contributed by atoms with E-state index in [9.17, 15) is 13.2 Å². The number of benzene rings is 2. The molecule has 1 aliphatic rings. The summed E-state index contributed by atoms with van der Waals surface area (Å²) in [7, 11) is -1.94. The minimum absolute atomic E-state index is 0.0392. The summed E-state index contributed by atoms with van der Waals surface area (Å²) >= 11 is 1.36. The molecule has 1 amide bonds. The topological polar surface area (TPSA) is 88.6 Å². The third-order valence-corrected chi connectivity index (χ3v) is 8.65. The summed E-state index contributed by atoms with van der Waals surface area (Å²) in [5.41, 5.74) is 1.08. The van der Waals surface area contributed by atoms with E-state index in [0.717, 1.165) is 36.8 Å². The third kappa shape index (κ3) is 4.65. The number of fused-ring (bicyclic) bond motifs is 1. The predicted octanol–water partition coefficient (Wildman–Crippen LogP) is 4.90. The standard InChI is InChI=1S/C23H27N3O4S2/c1-3-30-19-10-7-11-20-21(19)24-23(31-20)25-22(27)16-12-14-18(15-13-16)32(28,29)26(2)17-8-5-4-6-9-17/h7,10-15,17H,3-6,8-9H2,1-2H3,(H,24,25,27). The number of thiazole rings is 1. The van der Waals surface area contributed by atoms with E-state index in [-0.39, 0.29) is 16.8 Å². The van der Waals surface area contributed by atoms with Gasteiger partial charge in [-0.3, -0.25) is 10.1 Å². The van der Waals surface area contributed by atoms with Gasteiger partial charge in [0.25, 0.3) is 5.91 Å². The number of amides is 1. The highest BCUT2D eigenvalue weighted by molar-refractivity contribution is 7.89. The van der Waals surface area contributed by atoms with Crippen LogP contribution in [0.3, 0.4) is 0 Å². The Bertz CT molecular complexity index is 1200. The molecule has 1 saturated carbocycles. The molecule has 9 heteroatoms. The Morgan fingerprint density at radius 1 is 1.16 bits per heavy atom. The number of hydrogen-bond acceptors (Lipinski definition) is 6. The molecule has 0 saturated heterocycles. The summed E-state index contributed by atoms with van der Waals surface area (Å²) in [6.45, 7) is 2.44. The van der Waals surface area contributed by atoms with Crippen LogP contribution in [0.25, 0.3) is 10.2 Å². The lowest BCUT2D eigenvalue weighted by atomic mass is 9.96. The zero-order chi connectivity index (χ0) is 22.7. The zero-order valence-corrected chi connectivity index (χ0v) is 19.8. The molecule has 0 bridgehead atoms. The van der Waals surface area contributed by atoms with Crippen LogP contribution in [0, 0.1) is 0 Å². The molecule has 4 rings (SSSR count). The molecule has 0 radical (unpaired) electrons. The van der Waals surface area contributed by atoms with E-state index in [1.807, 2.05) is 25.1 Å². The molecule has 1 N–H and O–H groups in total. The molecule has 32 heavy (non-hydrogen) atoms. The monoisotopic (exact) mass is 473 g/mol. The van der Waals surface area contributed by atoms with Crippen molar-refractivity contribution in [3.63, 3.8) is 0 Å². The van der Waals surface area contributed by atoms with Gasteiger partial charge in [-0.05, 0) is 56.2 Å². The van der Waals surface area contributed by atoms with Gasteiger partial charge >= 0.3 is 0 Å². The summed E-state index contributed by atoms with van der Waals surface area (Å²) in [4.78, 5) is 17.4. The number of carbonyl (C=O) groups excluding carboxylic acids is 1. The van der Waals surface area contributed by atoms with Crippen LogP contribution in [0.4, 0.5) is 5.13 Å². The summed E-state index contributed by atoms with van der Waals surface area (Å²) in [5, 5.41) is 3.27. The SMILES string of the molecule is CCOc1cccc2sc(NC(=O)c3ccc(S(=O)(=O)N(C)C4CCCCC4)cc3)nc12. The van der Waals surface area contributed by atoms with E-state index in [0.29, 0.717) is 28.6 Å².